The van der Waals surface area contributed by atoms with E-state index in [1.807, 2.05) is 4.68 Å². The Kier molecular flexibility index (Phi) is 4.78. The van der Waals surface area contributed by atoms with Crippen molar-refractivity contribution in [1.82, 2.24) is 20.0 Å². The van der Waals surface area contributed by atoms with Crippen molar-refractivity contribution in [3.63, 3.8) is 0 Å². The maximum Gasteiger partial charge on any atom is 0.0638 e. The Hall–Kier alpha value is -0.870. The topological polar surface area (TPSA) is 33.1 Å². The van der Waals surface area contributed by atoms with Crippen LogP contribution >= 0.6 is 0 Å². The molecule has 102 valence electrons. The van der Waals surface area contributed by atoms with Crippen molar-refractivity contribution in [3.05, 3.63) is 17.5 Å². The highest BCUT2D eigenvalue weighted by Gasteiger charge is 2.18. The summed E-state index contributed by atoms with van der Waals surface area (Å²) in [6, 6.07) is 0.687. The van der Waals surface area contributed by atoms with Crippen LogP contribution in [0, 0.1) is 6.92 Å². The Labute approximate surface area is 110 Å². The second-order valence-corrected chi connectivity index (χ2v) is 5.22. The standard InChI is InChI=1S/C14H26N4/c1-4-17(11-14-7-6-8-15-14)9-13-10-18(5-2)16-12(13)3/h10,14-15H,4-9,11H2,1-3H3. The molecule has 1 fully saturated rings. The van der Waals surface area contributed by atoms with Gasteiger partial charge in [-0.2, -0.15) is 5.10 Å². The van der Waals surface area contributed by atoms with E-state index in [1.54, 1.807) is 0 Å². The largest absolute Gasteiger partial charge is 0.313 e. The van der Waals surface area contributed by atoms with Gasteiger partial charge in [0.1, 0.15) is 0 Å². The van der Waals surface area contributed by atoms with Crippen molar-refractivity contribution < 1.29 is 0 Å². The number of nitrogens with zero attached hydrogens (tertiary/aromatic N) is 3. The first-order chi connectivity index (χ1) is 8.72. The number of rotatable bonds is 6. The van der Waals surface area contributed by atoms with E-state index in [9.17, 15) is 0 Å². The van der Waals surface area contributed by atoms with Gasteiger partial charge >= 0.3 is 0 Å². The van der Waals surface area contributed by atoms with Gasteiger partial charge in [0.05, 0.1) is 5.69 Å². The van der Waals surface area contributed by atoms with Gasteiger partial charge in [0.15, 0.2) is 0 Å². The Morgan fingerprint density at radius 3 is 2.89 bits per heavy atom. The summed E-state index contributed by atoms with van der Waals surface area (Å²) >= 11 is 0. The summed E-state index contributed by atoms with van der Waals surface area (Å²) in [5.74, 6) is 0. The highest BCUT2D eigenvalue weighted by Crippen LogP contribution is 2.12. The number of nitrogens with one attached hydrogen (secondary N) is 1. The SMILES string of the molecule is CCN(Cc1cn(CC)nc1C)CC1CCCN1. The van der Waals surface area contributed by atoms with E-state index in [1.165, 1.54) is 30.6 Å². The summed E-state index contributed by atoms with van der Waals surface area (Å²) in [4.78, 5) is 2.52. The van der Waals surface area contributed by atoms with Gasteiger partial charge in [-0.15, -0.1) is 0 Å². The molecule has 1 aromatic heterocycles. The van der Waals surface area contributed by atoms with Crippen LogP contribution in [0.15, 0.2) is 6.20 Å². The highest BCUT2D eigenvalue weighted by atomic mass is 15.3. The van der Waals surface area contributed by atoms with Crippen LogP contribution in [0.2, 0.25) is 0 Å². The Morgan fingerprint density at radius 2 is 2.33 bits per heavy atom. The summed E-state index contributed by atoms with van der Waals surface area (Å²) in [6.45, 7) is 11.9. The fourth-order valence-electron chi connectivity index (χ4n) is 2.65. The third-order valence-electron chi connectivity index (χ3n) is 3.85. The molecule has 18 heavy (non-hydrogen) atoms. The lowest BCUT2D eigenvalue weighted by molar-refractivity contribution is 0.253. The van der Waals surface area contributed by atoms with Crippen molar-refractivity contribution in [2.45, 2.75) is 52.7 Å². The van der Waals surface area contributed by atoms with E-state index in [2.05, 4.69) is 42.3 Å². The smallest absolute Gasteiger partial charge is 0.0638 e. The zero-order valence-corrected chi connectivity index (χ0v) is 11.9. The molecule has 1 atom stereocenters. The van der Waals surface area contributed by atoms with Crippen LogP contribution in [-0.4, -0.2) is 40.4 Å². The van der Waals surface area contributed by atoms with E-state index in [4.69, 9.17) is 0 Å². The van der Waals surface area contributed by atoms with Gasteiger partial charge < -0.3 is 5.32 Å². The highest BCUT2D eigenvalue weighted by molar-refractivity contribution is 5.15. The molecule has 0 spiro atoms. The summed E-state index contributed by atoms with van der Waals surface area (Å²) in [6.07, 6.45) is 4.85. The molecule has 1 saturated heterocycles. The minimum absolute atomic E-state index is 0.687. The lowest BCUT2D eigenvalue weighted by Gasteiger charge is -2.23. The Bertz CT molecular complexity index is 366. The molecule has 0 amide bonds. The molecule has 0 radical (unpaired) electrons. The fraction of sp³-hybridized carbons (Fsp3) is 0.786. The first kappa shape index (κ1) is 13.6. The Morgan fingerprint density at radius 1 is 1.50 bits per heavy atom. The number of likely N-dealkylation sites (N-methyl/N-ethyl adjacent to an activating group) is 1. The van der Waals surface area contributed by atoms with Gasteiger partial charge in [0.2, 0.25) is 0 Å². The zero-order chi connectivity index (χ0) is 13.0. The Balaban J connectivity index is 1.93. The molecule has 0 aliphatic carbocycles. The molecule has 0 saturated carbocycles. The van der Waals surface area contributed by atoms with Crippen molar-refractivity contribution in [2.24, 2.45) is 0 Å². The minimum atomic E-state index is 0.687. The molecule has 1 aliphatic heterocycles. The normalized spacial score (nSPS) is 19.9. The zero-order valence-electron chi connectivity index (χ0n) is 11.9. The fourth-order valence-corrected chi connectivity index (χ4v) is 2.65. The van der Waals surface area contributed by atoms with Crippen molar-refractivity contribution in [1.29, 1.82) is 0 Å². The minimum Gasteiger partial charge on any atom is -0.313 e. The predicted octanol–water partition coefficient (Wildman–Crippen LogP) is 1.79. The van der Waals surface area contributed by atoms with Crippen molar-refractivity contribution >= 4 is 0 Å². The van der Waals surface area contributed by atoms with Gasteiger partial charge in [0.25, 0.3) is 0 Å². The molecule has 2 rings (SSSR count). The molecule has 4 nitrogen and oxygen atoms in total. The second kappa shape index (κ2) is 6.34. The first-order valence-electron chi connectivity index (χ1n) is 7.21. The maximum atomic E-state index is 4.52. The molecule has 0 aromatic carbocycles. The van der Waals surface area contributed by atoms with Gasteiger partial charge in [-0.05, 0) is 39.8 Å². The second-order valence-electron chi connectivity index (χ2n) is 5.22. The van der Waals surface area contributed by atoms with Crippen LogP contribution in [0.1, 0.15) is 37.9 Å². The van der Waals surface area contributed by atoms with Crippen molar-refractivity contribution in [3.8, 4) is 0 Å². The molecular weight excluding hydrogens is 224 g/mol. The summed E-state index contributed by atoms with van der Waals surface area (Å²) in [5, 5.41) is 8.10. The van der Waals surface area contributed by atoms with Gasteiger partial charge in [-0.1, -0.05) is 6.92 Å². The molecule has 1 aliphatic rings. The van der Waals surface area contributed by atoms with Gasteiger partial charge in [-0.25, -0.2) is 0 Å². The number of aryl methyl sites for hydroxylation is 2. The monoisotopic (exact) mass is 250 g/mol. The molecule has 0 bridgehead atoms. The van der Waals surface area contributed by atoms with Gasteiger partial charge in [0, 0.05) is 37.4 Å². The molecular formula is C14H26N4. The van der Waals surface area contributed by atoms with Crippen LogP contribution in [0.5, 0.6) is 0 Å². The molecule has 1 unspecified atom stereocenters. The third-order valence-corrected chi connectivity index (χ3v) is 3.85. The average Bonchev–Trinajstić information content (AvgIpc) is 2.99. The van der Waals surface area contributed by atoms with Gasteiger partial charge in [-0.3, -0.25) is 9.58 Å². The lowest BCUT2D eigenvalue weighted by Crippen LogP contribution is -2.37. The van der Waals surface area contributed by atoms with Crippen LogP contribution < -0.4 is 5.32 Å². The number of hydrogen-bond acceptors (Lipinski definition) is 3. The van der Waals surface area contributed by atoms with Crippen LogP contribution in [0.3, 0.4) is 0 Å². The molecule has 2 heterocycles. The van der Waals surface area contributed by atoms with E-state index in [-0.39, 0.29) is 0 Å². The maximum absolute atomic E-state index is 4.52. The van der Waals surface area contributed by atoms with E-state index in [0.717, 1.165) is 26.2 Å². The molecule has 1 aromatic rings. The summed E-state index contributed by atoms with van der Waals surface area (Å²) < 4.78 is 2.03. The number of aromatic nitrogens is 2. The summed E-state index contributed by atoms with van der Waals surface area (Å²) in [7, 11) is 0. The quantitative estimate of drug-likeness (QED) is 0.835. The average molecular weight is 250 g/mol. The summed E-state index contributed by atoms with van der Waals surface area (Å²) in [5.41, 5.74) is 2.55. The van der Waals surface area contributed by atoms with Crippen LogP contribution in [0.4, 0.5) is 0 Å². The van der Waals surface area contributed by atoms with Crippen molar-refractivity contribution in [2.75, 3.05) is 19.6 Å². The van der Waals surface area contributed by atoms with E-state index < -0.39 is 0 Å². The molecule has 4 heteroatoms. The molecule has 1 N–H and O–H groups in total. The first-order valence-corrected chi connectivity index (χ1v) is 7.21. The van der Waals surface area contributed by atoms with E-state index in [0.29, 0.717) is 6.04 Å². The number of hydrogen-bond donors (Lipinski definition) is 1. The third kappa shape index (κ3) is 3.33. The predicted molar refractivity (Wildman–Crippen MR) is 74.6 cm³/mol. The van der Waals surface area contributed by atoms with Crippen LogP contribution in [-0.2, 0) is 13.1 Å². The lowest BCUT2D eigenvalue weighted by atomic mass is 10.2. The van der Waals surface area contributed by atoms with Crippen LogP contribution in [0.25, 0.3) is 0 Å². The van der Waals surface area contributed by atoms with E-state index >= 15 is 0 Å².